The molecule has 4 unspecified atom stereocenters. The first-order valence-corrected chi connectivity index (χ1v) is 16.6. The largest absolute Gasteiger partial charge is 0.462 e. The molecule has 4 rings (SSSR count). The third-order valence-electron chi connectivity index (χ3n) is 8.09. The van der Waals surface area contributed by atoms with Gasteiger partial charge in [-0.2, -0.15) is 11.8 Å². The van der Waals surface area contributed by atoms with Gasteiger partial charge in [0, 0.05) is 13.2 Å². The Morgan fingerprint density at radius 3 is 1.51 bits per heavy atom. The van der Waals surface area contributed by atoms with Crippen LogP contribution in [0.5, 0.6) is 0 Å². The van der Waals surface area contributed by atoms with Crippen molar-refractivity contribution in [3.8, 4) is 0 Å². The van der Waals surface area contributed by atoms with Crippen molar-refractivity contribution in [1.82, 2.24) is 0 Å². The van der Waals surface area contributed by atoms with Crippen molar-refractivity contribution in [2.24, 2.45) is 11.8 Å². The zero-order chi connectivity index (χ0) is 28.5. The standard InChI is InChI=1S/C34H46O6S/c35-33(29-9-3-1-4-10-29)39-23-19-27(15-17-31-13-7-21-37-31)25-41-26-28(16-18-32-14-8-22-38-32)20-24-40-34(36)30-11-5-2-6-12-30/h1-6,9-12,27-28,31-32H,7-8,13-26H2. The van der Waals surface area contributed by atoms with Crippen molar-refractivity contribution in [1.29, 1.82) is 0 Å². The molecule has 7 heteroatoms. The van der Waals surface area contributed by atoms with Crippen LogP contribution < -0.4 is 0 Å². The number of ether oxygens (including phenoxy) is 4. The van der Waals surface area contributed by atoms with Gasteiger partial charge in [-0.15, -0.1) is 0 Å². The summed E-state index contributed by atoms with van der Waals surface area (Å²) in [5.41, 5.74) is 1.19. The second-order valence-electron chi connectivity index (χ2n) is 11.3. The van der Waals surface area contributed by atoms with E-state index in [0.29, 0.717) is 48.4 Å². The summed E-state index contributed by atoms with van der Waals surface area (Å²) in [6.07, 6.45) is 11.3. The Morgan fingerprint density at radius 1 is 0.683 bits per heavy atom. The second kappa shape index (κ2) is 18.2. The molecular formula is C34H46O6S. The molecule has 0 saturated carbocycles. The quantitative estimate of drug-likeness (QED) is 0.170. The molecule has 2 heterocycles. The van der Waals surface area contributed by atoms with E-state index in [1.54, 1.807) is 24.3 Å². The molecule has 2 aromatic rings. The molecule has 2 fully saturated rings. The summed E-state index contributed by atoms with van der Waals surface area (Å²) in [4.78, 5) is 24.8. The van der Waals surface area contributed by atoms with Crippen molar-refractivity contribution >= 4 is 23.7 Å². The highest BCUT2D eigenvalue weighted by atomic mass is 32.2. The summed E-state index contributed by atoms with van der Waals surface area (Å²) in [5.74, 6) is 2.46. The van der Waals surface area contributed by atoms with Crippen molar-refractivity contribution < 1.29 is 28.5 Å². The van der Waals surface area contributed by atoms with Crippen LogP contribution >= 0.6 is 11.8 Å². The molecule has 0 N–H and O–H groups in total. The molecule has 4 atom stereocenters. The number of carbonyl (C=O) groups excluding carboxylic acids is 2. The van der Waals surface area contributed by atoms with Gasteiger partial charge in [0.1, 0.15) is 0 Å². The number of thioether (sulfide) groups is 1. The predicted molar refractivity (Wildman–Crippen MR) is 163 cm³/mol. The fourth-order valence-electron chi connectivity index (χ4n) is 5.56. The van der Waals surface area contributed by atoms with Gasteiger partial charge in [0.05, 0.1) is 36.5 Å². The number of carbonyl (C=O) groups is 2. The molecule has 0 bridgehead atoms. The van der Waals surface area contributed by atoms with E-state index in [1.165, 1.54) is 0 Å². The van der Waals surface area contributed by atoms with Gasteiger partial charge in [-0.05, 0) is 112 Å². The van der Waals surface area contributed by atoms with Gasteiger partial charge in [0.2, 0.25) is 0 Å². The fourth-order valence-corrected chi connectivity index (χ4v) is 7.03. The average molecular weight is 583 g/mol. The predicted octanol–water partition coefficient (Wildman–Crippen LogP) is 7.36. The third kappa shape index (κ3) is 11.8. The second-order valence-corrected chi connectivity index (χ2v) is 12.4. The van der Waals surface area contributed by atoms with Crippen molar-refractivity contribution in [3.63, 3.8) is 0 Å². The van der Waals surface area contributed by atoms with Crippen LogP contribution in [0.15, 0.2) is 60.7 Å². The van der Waals surface area contributed by atoms with Crippen LogP contribution in [0.25, 0.3) is 0 Å². The van der Waals surface area contributed by atoms with Gasteiger partial charge < -0.3 is 18.9 Å². The molecule has 0 amide bonds. The highest BCUT2D eigenvalue weighted by Crippen LogP contribution is 2.28. The normalized spacial score (nSPS) is 20.0. The van der Waals surface area contributed by atoms with Crippen molar-refractivity contribution in [2.75, 3.05) is 37.9 Å². The van der Waals surface area contributed by atoms with Crippen LogP contribution in [0.2, 0.25) is 0 Å². The molecule has 41 heavy (non-hydrogen) atoms. The van der Waals surface area contributed by atoms with E-state index in [9.17, 15) is 9.59 Å². The Hall–Kier alpha value is -2.35. The van der Waals surface area contributed by atoms with Crippen LogP contribution in [0, 0.1) is 11.8 Å². The van der Waals surface area contributed by atoms with Crippen molar-refractivity contribution in [2.45, 2.75) is 76.4 Å². The van der Waals surface area contributed by atoms with Gasteiger partial charge in [0.15, 0.2) is 0 Å². The van der Waals surface area contributed by atoms with E-state index in [-0.39, 0.29) is 11.9 Å². The number of benzene rings is 2. The summed E-state index contributed by atoms with van der Waals surface area (Å²) >= 11 is 1.98. The van der Waals surface area contributed by atoms with Crippen LogP contribution in [-0.4, -0.2) is 62.1 Å². The summed E-state index contributed by atoms with van der Waals surface area (Å²) in [7, 11) is 0. The van der Waals surface area contributed by atoms with Crippen LogP contribution in [0.4, 0.5) is 0 Å². The zero-order valence-corrected chi connectivity index (χ0v) is 25.1. The van der Waals surface area contributed by atoms with Gasteiger partial charge in [-0.25, -0.2) is 9.59 Å². The molecular weight excluding hydrogens is 536 g/mol. The van der Waals surface area contributed by atoms with Gasteiger partial charge in [-0.1, -0.05) is 36.4 Å². The Bertz CT molecular complexity index is 923. The fraction of sp³-hybridized carbons (Fsp3) is 0.588. The maximum absolute atomic E-state index is 12.4. The molecule has 0 spiro atoms. The minimum absolute atomic E-state index is 0.254. The Balaban J connectivity index is 1.24. The molecule has 6 nitrogen and oxygen atoms in total. The lowest BCUT2D eigenvalue weighted by Crippen LogP contribution is -2.17. The Morgan fingerprint density at radius 2 is 1.12 bits per heavy atom. The molecule has 0 aromatic heterocycles. The van der Waals surface area contributed by atoms with E-state index in [1.807, 2.05) is 48.2 Å². The van der Waals surface area contributed by atoms with E-state index in [0.717, 1.165) is 88.9 Å². The topological polar surface area (TPSA) is 71.1 Å². The lowest BCUT2D eigenvalue weighted by molar-refractivity contribution is 0.0470. The summed E-state index contributed by atoms with van der Waals surface area (Å²) in [6.45, 7) is 2.62. The number of esters is 2. The Labute approximate surface area is 249 Å². The molecule has 0 aliphatic carbocycles. The SMILES string of the molecule is O=C(OCCC(CCC1CCCO1)CSCC(CCOC(=O)c1ccccc1)CCC1CCCO1)c1ccccc1. The first kappa shape index (κ1) is 31.6. The molecule has 224 valence electrons. The molecule has 2 aromatic carbocycles. The van der Waals surface area contributed by atoms with E-state index in [2.05, 4.69) is 0 Å². The van der Waals surface area contributed by atoms with E-state index < -0.39 is 0 Å². The Kier molecular flexibility index (Phi) is 14.1. The van der Waals surface area contributed by atoms with Crippen molar-refractivity contribution in [3.05, 3.63) is 71.8 Å². The van der Waals surface area contributed by atoms with Crippen LogP contribution in [-0.2, 0) is 18.9 Å². The van der Waals surface area contributed by atoms with Gasteiger partial charge in [-0.3, -0.25) is 0 Å². The summed E-state index contributed by atoms with van der Waals surface area (Å²) in [6, 6.07) is 18.4. The zero-order valence-electron chi connectivity index (χ0n) is 24.3. The van der Waals surface area contributed by atoms with Gasteiger partial charge in [0.25, 0.3) is 0 Å². The van der Waals surface area contributed by atoms with E-state index in [4.69, 9.17) is 18.9 Å². The van der Waals surface area contributed by atoms with Crippen LogP contribution in [0.3, 0.4) is 0 Å². The number of hydrogen-bond acceptors (Lipinski definition) is 7. The summed E-state index contributed by atoms with van der Waals surface area (Å²) in [5, 5.41) is 0. The molecule has 2 aliphatic heterocycles. The highest BCUT2D eigenvalue weighted by Gasteiger charge is 2.21. The number of rotatable bonds is 18. The minimum atomic E-state index is -0.254. The van der Waals surface area contributed by atoms with E-state index >= 15 is 0 Å². The first-order valence-electron chi connectivity index (χ1n) is 15.4. The van der Waals surface area contributed by atoms with Crippen LogP contribution in [0.1, 0.15) is 84.9 Å². The first-order chi connectivity index (χ1) is 20.2. The molecule has 2 saturated heterocycles. The minimum Gasteiger partial charge on any atom is -0.462 e. The molecule has 2 aliphatic rings. The third-order valence-corrected chi connectivity index (χ3v) is 9.50. The maximum Gasteiger partial charge on any atom is 0.338 e. The maximum atomic E-state index is 12.4. The van der Waals surface area contributed by atoms with Gasteiger partial charge >= 0.3 is 11.9 Å². The monoisotopic (exact) mass is 582 g/mol. The number of hydrogen-bond donors (Lipinski definition) is 0. The highest BCUT2D eigenvalue weighted by molar-refractivity contribution is 7.99. The lowest BCUT2D eigenvalue weighted by Gasteiger charge is -2.22. The average Bonchev–Trinajstić information content (AvgIpc) is 3.74. The lowest BCUT2D eigenvalue weighted by atomic mass is 9.98. The molecule has 0 radical (unpaired) electrons. The smallest absolute Gasteiger partial charge is 0.338 e. The summed E-state index contributed by atoms with van der Waals surface area (Å²) < 4.78 is 23.0.